The maximum atomic E-state index is 12.8. The topological polar surface area (TPSA) is 107 Å². The lowest BCUT2D eigenvalue weighted by Gasteiger charge is -2.13. The van der Waals surface area contributed by atoms with Gasteiger partial charge in [0.05, 0.1) is 28.8 Å². The van der Waals surface area contributed by atoms with Gasteiger partial charge in [-0.3, -0.25) is 14.7 Å². The zero-order chi connectivity index (χ0) is 21.3. The van der Waals surface area contributed by atoms with Crippen LogP contribution in [0.4, 0.5) is 10.3 Å². The Kier molecular flexibility index (Phi) is 5.60. The van der Waals surface area contributed by atoms with Crippen LogP contribution < -0.4 is 15.4 Å². The Labute approximate surface area is 181 Å². The Hall–Kier alpha value is -3.11. The molecule has 3 heterocycles. The highest BCUT2D eigenvalue weighted by Crippen LogP contribution is 2.34. The van der Waals surface area contributed by atoms with Crippen LogP contribution in [0.25, 0.3) is 20.8 Å². The second-order valence-corrected chi connectivity index (χ2v) is 8.65. The van der Waals surface area contributed by atoms with Gasteiger partial charge in [-0.15, -0.1) is 10.2 Å². The Bertz CT molecular complexity index is 1220. The number of fused-ring (bicyclic) bond motifs is 1. The molecule has 0 aliphatic carbocycles. The molecule has 4 rings (SSSR count). The molecule has 0 fully saturated rings. The number of nitrogens with two attached hydrogens (primary N) is 1. The third kappa shape index (κ3) is 4.10. The molecular weight excluding hydrogens is 420 g/mol. The maximum Gasteiger partial charge on any atom is 0.232 e. The van der Waals surface area contributed by atoms with Crippen molar-refractivity contribution in [2.75, 3.05) is 24.3 Å². The normalized spacial score (nSPS) is 11.0. The molecule has 30 heavy (non-hydrogen) atoms. The Balaban J connectivity index is 1.53. The third-order valence-electron chi connectivity index (χ3n) is 4.43. The summed E-state index contributed by atoms with van der Waals surface area (Å²) in [5.74, 6) is 0.625. The molecule has 0 saturated heterocycles. The molecule has 0 aliphatic heterocycles. The number of carbonyl (C=O) groups excluding carboxylic acids is 1. The number of hydrogen-bond donors (Lipinski definition) is 1. The number of hydrogen-bond acceptors (Lipinski definition) is 9. The fraction of sp³-hybridized carbons (Fsp3) is 0.250. The Morgan fingerprint density at radius 3 is 2.87 bits per heavy atom. The number of carbonyl (C=O) groups is 1. The van der Waals surface area contributed by atoms with Crippen LogP contribution in [0, 0.1) is 6.92 Å². The molecule has 0 unspecified atom stereocenters. The largest absolute Gasteiger partial charge is 0.493 e. The van der Waals surface area contributed by atoms with E-state index in [0.29, 0.717) is 27.6 Å². The number of nitrogen functional groups attached to an aromatic ring is 1. The van der Waals surface area contributed by atoms with Gasteiger partial charge in [0.15, 0.2) is 10.1 Å². The average Bonchev–Trinajstić information content (AvgIpc) is 3.33. The van der Waals surface area contributed by atoms with Crippen molar-refractivity contribution in [3.63, 3.8) is 0 Å². The van der Waals surface area contributed by atoms with E-state index in [2.05, 4.69) is 20.2 Å². The molecule has 2 N–H and O–H groups in total. The smallest absolute Gasteiger partial charge is 0.232 e. The van der Waals surface area contributed by atoms with Gasteiger partial charge in [-0.2, -0.15) is 0 Å². The number of anilines is 2. The molecule has 0 bridgehead atoms. The molecule has 0 radical (unpaired) electrons. The standard InChI is InChI=1S/C20H20N6O2S2/c1-4-28-15-7-11(2)22-10-13(15)18-24-25-20(30-18)26(3)17(27)9-12-5-6-14-16(8-12)29-19(21)23-14/h5-8,10H,4,9H2,1-3H3,(H2,21,23). The molecule has 154 valence electrons. The number of likely N-dealkylation sites (N-methyl/N-ethyl adjacent to an activating group) is 1. The highest BCUT2D eigenvalue weighted by atomic mass is 32.1. The van der Waals surface area contributed by atoms with Gasteiger partial charge in [-0.25, -0.2) is 4.98 Å². The average molecular weight is 441 g/mol. The van der Waals surface area contributed by atoms with Crippen LogP contribution in [-0.4, -0.2) is 39.7 Å². The van der Waals surface area contributed by atoms with E-state index in [1.165, 1.54) is 27.6 Å². The van der Waals surface area contributed by atoms with Crippen LogP contribution in [0.5, 0.6) is 5.75 Å². The second-order valence-electron chi connectivity index (χ2n) is 6.63. The highest BCUT2D eigenvalue weighted by molar-refractivity contribution is 7.22. The van der Waals surface area contributed by atoms with Gasteiger partial charge in [-0.05, 0) is 31.5 Å². The minimum atomic E-state index is -0.0819. The number of aryl methyl sites for hydroxylation is 1. The predicted octanol–water partition coefficient (Wildman–Crippen LogP) is 3.70. The van der Waals surface area contributed by atoms with Gasteiger partial charge in [0.25, 0.3) is 0 Å². The van der Waals surface area contributed by atoms with Gasteiger partial charge < -0.3 is 10.5 Å². The Morgan fingerprint density at radius 2 is 2.07 bits per heavy atom. The first-order valence-corrected chi connectivity index (χ1v) is 10.9. The molecule has 10 heteroatoms. The van der Waals surface area contributed by atoms with Crippen LogP contribution >= 0.6 is 22.7 Å². The van der Waals surface area contributed by atoms with Gasteiger partial charge in [0, 0.05) is 25.0 Å². The summed E-state index contributed by atoms with van der Waals surface area (Å²) in [4.78, 5) is 22.9. The SMILES string of the molecule is CCOc1cc(C)ncc1-c1nnc(N(C)C(=O)Cc2ccc3nc(N)sc3c2)s1. The van der Waals surface area contributed by atoms with Crippen molar-refractivity contribution in [3.8, 4) is 16.3 Å². The number of benzene rings is 1. The number of aromatic nitrogens is 4. The van der Waals surface area contributed by atoms with E-state index in [0.717, 1.165) is 27.0 Å². The Morgan fingerprint density at radius 1 is 1.23 bits per heavy atom. The fourth-order valence-corrected chi connectivity index (χ4v) is 4.56. The first-order valence-electron chi connectivity index (χ1n) is 9.29. The van der Waals surface area contributed by atoms with E-state index in [-0.39, 0.29) is 12.3 Å². The van der Waals surface area contributed by atoms with Crippen molar-refractivity contribution >= 4 is 49.1 Å². The van der Waals surface area contributed by atoms with Gasteiger partial charge in [0.2, 0.25) is 11.0 Å². The second kappa shape index (κ2) is 8.33. The van der Waals surface area contributed by atoms with E-state index in [1.807, 2.05) is 38.1 Å². The molecule has 3 aromatic heterocycles. The highest BCUT2D eigenvalue weighted by Gasteiger charge is 2.19. The molecule has 0 aliphatic rings. The fourth-order valence-electron chi connectivity index (χ4n) is 2.93. The summed E-state index contributed by atoms with van der Waals surface area (Å²) in [5.41, 5.74) is 9.12. The molecule has 1 aromatic carbocycles. The molecule has 0 saturated carbocycles. The number of nitrogens with zero attached hydrogens (tertiary/aromatic N) is 5. The van der Waals surface area contributed by atoms with E-state index >= 15 is 0 Å². The number of amides is 1. The van der Waals surface area contributed by atoms with E-state index in [1.54, 1.807) is 13.2 Å². The molecule has 0 atom stereocenters. The summed E-state index contributed by atoms with van der Waals surface area (Å²) in [6.07, 6.45) is 1.97. The van der Waals surface area contributed by atoms with Crippen molar-refractivity contribution < 1.29 is 9.53 Å². The quantitative estimate of drug-likeness (QED) is 0.487. The third-order valence-corrected chi connectivity index (χ3v) is 6.31. The minimum absolute atomic E-state index is 0.0819. The van der Waals surface area contributed by atoms with Crippen LogP contribution in [0.15, 0.2) is 30.5 Å². The van der Waals surface area contributed by atoms with Crippen LogP contribution in [0.2, 0.25) is 0 Å². The lowest BCUT2D eigenvalue weighted by atomic mass is 10.1. The summed E-state index contributed by atoms with van der Waals surface area (Å²) < 4.78 is 6.68. The monoisotopic (exact) mass is 440 g/mol. The molecule has 8 nitrogen and oxygen atoms in total. The van der Waals surface area contributed by atoms with Crippen LogP contribution in [0.1, 0.15) is 18.2 Å². The zero-order valence-corrected chi connectivity index (χ0v) is 18.4. The van der Waals surface area contributed by atoms with Gasteiger partial charge in [0.1, 0.15) is 5.75 Å². The summed E-state index contributed by atoms with van der Waals surface area (Å²) in [7, 11) is 1.70. The number of rotatable bonds is 6. The first kappa shape index (κ1) is 20.2. The molecule has 1 amide bonds. The van der Waals surface area contributed by atoms with E-state index in [4.69, 9.17) is 10.5 Å². The molecule has 0 spiro atoms. The zero-order valence-electron chi connectivity index (χ0n) is 16.7. The summed E-state index contributed by atoms with van der Waals surface area (Å²) >= 11 is 2.73. The minimum Gasteiger partial charge on any atom is -0.493 e. The summed E-state index contributed by atoms with van der Waals surface area (Å²) in [5, 5.41) is 10.1. The van der Waals surface area contributed by atoms with Crippen LogP contribution in [0.3, 0.4) is 0 Å². The van der Waals surface area contributed by atoms with Crippen molar-refractivity contribution in [1.82, 2.24) is 20.2 Å². The summed E-state index contributed by atoms with van der Waals surface area (Å²) in [6.45, 7) is 4.37. The van der Waals surface area contributed by atoms with Crippen molar-refractivity contribution in [2.45, 2.75) is 20.3 Å². The lowest BCUT2D eigenvalue weighted by molar-refractivity contribution is -0.117. The van der Waals surface area contributed by atoms with E-state index < -0.39 is 0 Å². The first-order chi connectivity index (χ1) is 14.4. The maximum absolute atomic E-state index is 12.8. The van der Waals surface area contributed by atoms with Crippen LogP contribution in [-0.2, 0) is 11.2 Å². The summed E-state index contributed by atoms with van der Waals surface area (Å²) in [6, 6.07) is 7.60. The van der Waals surface area contributed by atoms with Gasteiger partial charge >= 0.3 is 0 Å². The van der Waals surface area contributed by atoms with E-state index in [9.17, 15) is 4.79 Å². The molecule has 4 aromatic rings. The van der Waals surface area contributed by atoms with Crippen molar-refractivity contribution in [3.05, 3.63) is 41.7 Å². The number of ether oxygens (including phenoxy) is 1. The van der Waals surface area contributed by atoms with Crippen molar-refractivity contribution in [2.24, 2.45) is 0 Å². The molecular formula is C20H20N6O2S2. The van der Waals surface area contributed by atoms with Gasteiger partial charge in [-0.1, -0.05) is 28.7 Å². The van der Waals surface area contributed by atoms with Crippen molar-refractivity contribution in [1.29, 1.82) is 0 Å². The predicted molar refractivity (Wildman–Crippen MR) is 120 cm³/mol. The lowest BCUT2D eigenvalue weighted by Crippen LogP contribution is -2.27. The number of pyridine rings is 1. The number of thiazole rings is 1.